The molecular formula is C15H15Cl2FN2. The first-order chi connectivity index (χ1) is 9.61. The van der Waals surface area contributed by atoms with Crippen molar-refractivity contribution in [3.8, 4) is 0 Å². The molecule has 0 aliphatic heterocycles. The molecule has 0 saturated carbocycles. The Bertz CT molecular complexity index is 573. The number of nitrogens with one attached hydrogen (secondary N) is 1. The largest absolute Gasteiger partial charge is 0.305 e. The lowest BCUT2D eigenvalue weighted by Crippen LogP contribution is -2.24. The van der Waals surface area contributed by atoms with Crippen molar-refractivity contribution in [2.75, 3.05) is 6.54 Å². The second-order valence-electron chi connectivity index (χ2n) is 4.45. The average molecular weight is 313 g/mol. The summed E-state index contributed by atoms with van der Waals surface area (Å²) >= 11 is 12.3. The van der Waals surface area contributed by atoms with Gasteiger partial charge in [-0.1, -0.05) is 30.1 Å². The van der Waals surface area contributed by atoms with E-state index in [1.807, 2.05) is 6.07 Å². The molecule has 2 aromatic rings. The maximum absolute atomic E-state index is 13.0. The Morgan fingerprint density at radius 1 is 1.25 bits per heavy atom. The normalized spacial score (nSPS) is 12.4. The van der Waals surface area contributed by atoms with Crippen molar-refractivity contribution in [2.24, 2.45) is 0 Å². The fourth-order valence-electron chi connectivity index (χ4n) is 1.96. The number of rotatable bonds is 5. The summed E-state index contributed by atoms with van der Waals surface area (Å²) in [6.45, 7) is 2.87. The molecule has 5 heteroatoms. The zero-order chi connectivity index (χ0) is 14.5. The van der Waals surface area contributed by atoms with E-state index >= 15 is 0 Å². The zero-order valence-electron chi connectivity index (χ0n) is 11.0. The Hall–Kier alpha value is -1.16. The van der Waals surface area contributed by atoms with Crippen molar-refractivity contribution in [1.82, 2.24) is 10.3 Å². The van der Waals surface area contributed by atoms with Gasteiger partial charge >= 0.3 is 0 Å². The summed E-state index contributed by atoms with van der Waals surface area (Å²) in [4.78, 5) is 4.14. The van der Waals surface area contributed by atoms with Crippen LogP contribution in [0.2, 0.25) is 10.0 Å². The van der Waals surface area contributed by atoms with E-state index in [9.17, 15) is 4.39 Å². The monoisotopic (exact) mass is 312 g/mol. The first-order valence-corrected chi connectivity index (χ1v) is 7.17. The summed E-state index contributed by atoms with van der Waals surface area (Å²) in [6.07, 6.45) is 2.17. The van der Waals surface area contributed by atoms with E-state index < -0.39 is 0 Å². The predicted molar refractivity (Wildman–Crippen MR) is 80.8 cm³/mol. The van der Waals surface area contributed by atoms with Gasteiger partial charge in [-0.15, -0.1) is 0 Å². The molecule has 0 bridgehead atoms. The Morgan fingerprint density at radius 2 is 2.05 bits per heavy atom. The van der Waals surface area contributed by atoms with Gasteiger partial charge in [0.2, 0.25) is 0 Å². The van der Waals surface area contributed by atoms with Crippen LogP contribution in [-0.2, 0) is 0 Å². The molecule has 20 heavy (non-hydrogen) atoms. The summed E-state index contributed by atoms with van der Waals surface area (Å²) in [5, 5.41) is 4.57. The minimum Gasteiger partial charge on any atom is -0.305 e. The minimum atomic E-state index is -0.361. The summed E-state index contributed by atoms with van der Waals surface area (Å²) < 4.78 is 13.0. The standard InChI is InChI=1S/C15H15Cl2FN2/c1-2-7-19-15(14-6-4-11(18)9-20-14)12-8-10(16)3-5-13(12)17/h3-6,8-9,15,19H,2,7H2,1H3. The quantitative estimate of drug-likeness (QED) is 0.871. The highest BCUT2D eigenvalue weighted by Gasteiger charge is 2.18. The molecule has 0 aliphatic rings. The van der Waals surface area contributed by atoms with E-state index in [-0.39, 0.29) is 11.9 Å². The van der Waals surface area contributed by atoms with Gasteiger partial charge in [0.05, 0.1) is 17.9 Å². The molecule has 0 radical (unpaired) electrons. The average Bonchev–Trinajstić information content (AvgIpc) is 2.44. The van der Waals surface area contributed by atoms with Gasteiger partial charge in [0.25, 0.3) is 0 Å². The zero-order valence-corrected chi connectivity index (χ0v) is 12.5. The Balaban J connectivity index is 2.41. The summed E-state index contributed by atoms with van der Waals surface area (Å²) in [7, 11) is 0. The van der Waals surface area contributed by atoms with Crippen LogP contribution in [0.1, 0.15) is 30.6 Å². The van der Waals surface area contributed by atoms with Crippen molar-refractivity contribution in [3.63, 3.8) is 0 Å². The van der Waals surface area contributed by atoms with Gasteiger partial charge in [0.15, 0.2) is 0 Å². The van der Waals surface area contributed by atoms with Gasteiger partial charge in [0.1, 0.15) is 5.82 Å². The van der Waals surface area contributed by atoms with E-state index in [0.717, 1.165) is 18.5 Å². The number of hydrogen-bond donors (Lipinski definition) is 1. The molecule has 1 aromatic carbocycles. The van der Waals surface area contributed by atoms with Gasteiger partial charge in [-0.2, -0.15) is 0 Å². The third kappa shape index (κ3) is 3.69. The molecule has 0 spiro atoms. The highest BCUT2D eigenvalue weighted by atomic mass is 35.5. The maximum atomic E-state index is 13.0. The summed E-state index contributed by atoms with van der Waals surface area (Å²) in [5.41, 5.74) is 1.55. The van der Waals surface area contributed by atoms with Gasteiger partial charge < -0.3 is 5.32 Å². The van der Waals surface area contributed by atoms with Crippen molar-refractivity contribution in [1.29, 1.82) is 0 Å². The number of halogens is 3. The Labute approximate surface area is 127 Å². The molecule has 2 rings (SSSR count). The van der Waals surface area contributed by atoms with E-state index in [1.54, 1.807) is 18.2 Å². The molecule has 1 N–H and O–H groups in total. The van der Waals surface area contributed by atoms with Crippen LogP contribution in [-0.4, -0.2) is 11.5 Å². The van der Waals surface area contributed by atoms with Gasteiger partial charge in [-0.05, 0) is 48.9 Å². The maximum Gasteiger partial charge on any atom is 0.141 e. The van der Waals surface area contributed by atoms with Crippen molar-refractivity contribution in [2.45, 2.75) is 19.4 Å². The van der Waals surface area contributed by atoms with Crippen LogP contribution in [0.5, 0.6) is 0 Å². The molecular weight excluding hydrogens is 298 g/mol. The molecule has 1 atom stereocenters. The van der Waals surface area contributed by atoms with Crippen molar-refractivity contribution in [3.05, 3.63) is 63.6 Å². The second kappa shape index (κ2) is 7.02. The van der Waals surface area contributed by atoms with Crippen LogP contribution in [0.25, 0.3) is 0 Å². The molecule has 0 amide bonds. The number of nitrogens with zero attached hydrogens (tertiary/aromatic N) is 1. The molecule has 0 fully saturated rings. The Kier molecular flexibility index (Phi) is 5.35. The predicted octanol–water partition coefficient (Wildman–Crippen LogP) is 4.62. The topological polar surface area (TPSA) is 24.9 Å². The minimum absolute atomic E-state index is 0.207. The second-order valence-corrected chi connectivity index (χ2v) is 5.30. The molecule has 1 unspecified atom stereocenters. The van der Waals surface area contributed by atoms with Crippen molar-refractivity contribution < 1.29 is 4.39 Å². The van der Waals surface area contributed by atoms with E-state index in [2.05, 4.69) is 17.2 Å². The lowest BCUT2D eigenvalue weighted by molar-refractivity contribution is 0.576. The van der Waals surface area contributed by atoms with Crippen LogP contribution < -0.4 is 5.32 Å². The molecule has 2 nitrogen and oxygen atoms in total. The summed E-state index contributed by atoms with van der Waals surface area (Å²) in [6, 6.07) is 8.14. The SMILES string of the molecule is CCCNC(c1ccc(F)cn1)c1cc(Cl)ccc1Cl. The van der Waals surface area contributed by atoms with E-state index in [0.29, 0.717) is 15.7 Å². The summed E-state index contributed by atoms with van der Waals surface area (Å²) in [5.74, 6) is -0.361. The Morgan fingerprint density at radius 3 is 2.70 bits per heavy atom. The van der Waals surface area contributed by atoms with Crippen LogP contribution in [0.15, 0.2) is 36.5 Å². The highest BCUT2D eigenvalue weighted by molar-refractivity contribution is 6.33. The van der Waals surface area contributed by atoms with Crippen LogP contribution in [0.3, 0.4) is 0 Å². The number of aromatic nitrogens is 1. The first kappa shape index (κ1) is 15.2. The third-order valence-electron chi connectivity index (χ3n) is 2.91. The number of hydrogen-bond acceptors (Lipinski definition) is 2. The number of benzene rings is 1. The number of pyridine rings is 1. The molecule has 1 aromatic heterocycles. The third-order valence-corrected chi connectivity index (χ3v) is 3.49. The van der Waals surface area contributed by atoms with Crippen LogP contribution in [0, 0.1) is 5.82 Å². The van der Waals surface area contributed by atoms with E-state index in [4.69, 9.17) is 23.2 Å². The lowest BCUT2D eigenvalue weighted by atomic mass is 10.0. The van der Waals surface area contributed by atoms with Crippen LogP contribution in [0.4, 0.5) is 4.39 Å². The smallest absolute Gasteiger partial charge is 0.141 e. The van der Waals surface area contributed by atoms with Gasteiger partial charge in [-0.25, -0.2) is 4.39 Å². The van der Waals surface area contributed by atoms with Crippen molar-refractivity contribution >= 4 is 23.2 Å². The molecule has 1 heterocycles. The first-order valence-electron chi connectivity index (χ1n) is 6.41. The van der Waals surface area contributed by atoms with E-state index in [1.165, 1.54) is 12.3 Å². The van der Waals surface area contributed by atoms with Crippen LogP contribution >= 0.6 is 23.2 Å². The molecule has 0 aliphatic carbocycles. The highest BCUT2D eigenvalue weighted by Crippen LogP contribution is 2.30. The molecule has 0 saturated heterocycles. The fraction of sp³-hybridized carbons (Fsp3) is 0.267. The van der Waals surface area contributed by atoms with Gasteiger partial charge in [-0.3, -0.25) is 4.98 Å². The molecule has 106 valence electrons. The lowest BCUT2D eigenvalue weighted by Gasteiger charge is -2.20. The fourth-order valence-corrected chi connectivity index (χ4v) is 2.36. The van der Waals surface area contributed by atoms with Gasteiger partial charge in [0, 0.05) is 10.0 Å².